The molecule has 0 radical (unpaired) electrons. The first kappa shape index (κ1) is 15.4. The molecule has 1 aromatic rings. The predicted molar refractivity (Wildman–Crippen MR) is 80.9 cm³/mol. The Balaban J connectivity index is 2.24. The lowest BCUT2D eigenvalue weighted by Crippen LogP contribution is -2.64. The zero-order chi connectivity index (χ0) is 15.6. The van der Waals surface area contributed by atoms with Crippen LogP contribution in [0.3, 0.4) is 0 Å². The zero-order valence-corrected chi connectivity index (χ0v) is 12.9. The molecule has 0 saturated carbocycles. The standard InChI is InChI=1S/C15H22N4O2/c1-5-16-10(2)12-7-6-11(8-17-12)19-9-13(20)18-14(21)15(19,3)4/h6-8,10,16H,5,9H2,1-4H3,(H,18,20,21). The van der Waals surface area contributed by atoms with E-state index in [-0.39, 0.29) is 24.4 Å². The Hall–Kier alpha value is -1.95. The van der Waals surface area contributed by atoms with Gasteiger partial charge in [-0.15, -0.1) is 0 Å². The van der Waals surface area contributed by atoms with Crippen LogP contribution in [-0.4, -0.2) is 35.4 Å². The van der Waals surface area contributed by atoms with Crippen molar-refractivity contribution >= 4 is 17.5 Å². The van der Waals surface area contributed by atoms with Gasteiger partial charge in [-0.3, -0.25) is 19.9 Å². The second-order valence-electron chi connectivity index (χ2n) is 5.74. The van der Waals surface area contributed by atoms with Crippen LogP contribution < -0.4 is 15.5 Å². The lowest BCUT2D eigenvalue weighted by molar-refractivity contribution is -0.135. The van der Waals surface area contributed by atoms with Crippen molar-refractivity contribution in [2.75, 3.05) is 18.0 Å². The highest BCUT2D eigenvalue weighted by Gasteiger charge is 2.41. The first-order chi connectivity index (χ1) is 9.86. The van der Waals surface area contributed by atoms with E-state index in [0.717, 1.165) is 17.9 Å². The molecule has 2 N–H and O–H groups in total. The van der Waals surface area contributed by atoms with E-state index in [1.807, 2.05) is 26.0 Å². The minimum atomic E-state index is -0.773. The Labute approximate surface area is 124 Å². The molecule has 114 valence electrons. The molecular formula is C15H22N4O2. The van der Waals surface area contributed by atoms with E-state index in [9.17, 15) is 9.59 Å². The Morgan fingerprint density at radius 3 is 2.71 bits per heavy atom. The molecule has 6 nitrogen and oxygen atoms in total. The molecule has 1 atom stereocenters. The van der Waals surface area contributed by atoms with Crippen LogP contribution in [-0.2, 0) is 9.59 Å². The van der Waals surface area contributed by atoms with Gasteiger partial charge in [-0.1, -0.05) is 6.92 Å². The van der Waals surface area contributed by atoms with E-state index >= 15 is 0 Å². The fraction of sp³-hybridized carbons (Fsp3) is 0.533. The number of aromatic nitrogens is 1. The third-order valence-corrected chi connectivity index (χ3v) is 3.82. The average Bonchev–Trinajstić information content (AvgIpc) is 2.44. The van der Waals surface area contributed by atoms with Crippen molar-refractivity contribution < 1.29 is 9.59 Å². The molecule has 0 aromatic carbocycles. The van der Waals surface area contributed by atoms with Crippen LogP contribution in [0.4, 0.5) is 5.69 Å². The number of hydrogen-bond donors (Lipinski definition) is 2. The van der Waals surface area contributed by atoms with E-state index < -0.39 is 5.54 Å². The number of nitrogens with zero attached hydrogens (tertiary/aromatic N) is 2. The van der Waals surface area contributed by atoms with E-state index in [1.165, 1.54) is 0 Å². The maximum absolute atomic E-state index is 12.0. The molecule has 6 heteroatoms. The second-order valence-corrected chi connectivity index (χ2v) is 5.74. The van der Waals surface area contributed by atoms with Gasteiger partial charge in [0, 0.05) is 6.04 Å². The van der Waals surface area contributed by atoms with Crippen molar-refractivity contribution in [3.8, 4) is 0 Å². The van der Waals surface area contributed by atoms with Gasteiger partial charge in [0.25, 0.3) is 5.91 Å². The maximum atomic E-state index is 12.0. The average molecular weight is 290 g/mol. The van der Waals surface area contributed by atoms with Crippen molar-refractivity contribution in [2.24, 2.45) is 0 Å². The molecule has 0 spiro atoms. The number of pyridine rings is 1. The van der Waals surface area contributed by atoms with Gasteiger partial charge < -0.3 is 10.2 Å². The molecular weight excluding hydrogens is 268 g/mol. The second kappa shape index (κ2) is 5.81. The van der Waals surface area contributed by atoms with Crippen LogP contribution in [0.5, 0.6) is 0 Å². The molecule has 1 aliphatic heterocycles. The van der Waals surface area contributed by atoms with Crippen LogP contribution in [0, 0.1) is 0 Å². The number of carbonyl (C=O) groups is 2. The van der Waals surface area contributed by atoms with Crippen molar-refractivity contribution in [3.63, 3.8) is 0 Å². The SMILES string of the molecule is CCNC(C)c1ccc(N2CC(=O)NC(=O)C2(C)C)cn1. The number of anilines is 1. The van der Waals surface area contributed by atoms with Gasteiger partial charge in [0.2, 0.25) is 5.91 Å². The number of piperazine rings is 1. The molecule has 2 heterocycles. The number of imide groups is 1. The van der Waals surface area contributed by atoms with Gasteiger partial charge in [0.15, 0.2) is 0 Å². The summed E-state index contributed by atoms with van der Waals surface area (Å²) in [5.41, 5.74) is 0.937. The normalized spacial score (nSPS) is 19.3. The highest BCUT2D eigenvalue weighted by atomic mass is 16.2. The van der Waals surface area contributed by atoms with Crippen LogP contribution in [0.15, 0.2) is 18.3 Å². The molecule has 0 aliphatic carbocycles. The van der Waals surface area contributed by atoms with Crippen molar-refractivity contribution in [2.45, 2.75) is 39.3 Å². The summed E-state index contributed by atoms with van der Waals surface area (Å²) in [4.78, 5) is 29.8. The van der Waals surface area contributed by atoms with Gasteiger partial charge >= 0.3 is 0 Å². The van der Waals surface area contributed by atoms with Crippen molar-refractivity contribution in [3.05, 3.63) is 24.0 Å². The molecule has 1 saturated heterocycles. The number of hydrogen-bond acceptors (Lipinski definition) is 5. The fourth-order valence-corrected chi connectivity index (χ4v) is 2.42. The quantitative estimate of drug-likeness (QED) is 0.809. The van der Waals surface area contributed by atoms with E-state index in [2.05, 4.69) is 15.6 Å². The van der Waals surface area contributed by atoms with Crippen LogP contribution >= 0.6 is 0 Å². The Morgan fingerprint density at radius 1 is 1.43 bits per heavy atom. The number of carbonyl (C=O) groups excluding carboxylic acids is 2. The first-order valence-electron chi connectivity index (χ1n) is 7.17. The van der Waals surface area contributed by atoms with Crippen LogP contribution in [0.1, 0.15) is 39.4 Å². The molecule has 1 unspecified atom stereocenters. The minimum absolute atomic E-state index is 0.155. The topological polar surface area (TPSA) is 74.3 Å². The summed E-state index contributed by atoms with van der Waals surface area (Å²) >= 11 is 0. The highest BCUT2D eigenvalue weighted by Crippen LogP contribution is 2.26. The summed E-state index contributed by atoms with van der Waals surface area (Å²) in [5, 5.41) is 5.66. The predicted octanol–water partition coefficient (Wildman–Crippen LogP) is 0.993. The lowest BCUT2D eigenvalue weighted by Gasteiger charge is -2.41. The molecule has 2 amide bonds. The first-order valence-corrected chi connectivity index (χ1v) is 7.17. The summed E-state index contributed by atoms with van der Waals surface area (Å²) in [6.07, 6.45) is 1.72. The molecule has 1 aromatic heterocycles. The van der Waals surface area contributed by atoms with Gasteiger partial charge in [-0.2, -0.15) is 0 Å². The molecule has 1 aliphatic rings. The molecule has 0 bridgehead atoms. The number of nitrogens with one attached hydrogen (secondary N) is 2. The summed E-state index contributed by atoms with van der Waals surface area (Å²) in [6, 6.07) is 4.00. The molecule has 21 heavy (non-hydrogen) atoms. The largest absolute Gasteiger partial charge is 0.347 e. The number of amides is 2. The van der Waals surface area contributed by atoms with Gasteiger partial charge in [0.1, 0.15) is 5.54 Å². The van der Waals surface area contributed by atoms with E-state index in [4.69, 9.17) is 0 Å². The van der Waals surface area contributed by atoms with E-state index in [1.54, 1.807) is 24.9 Å². The summed E-state index contributed by atoms with van der Waals surface area (Å²) in [5.74, 6) is -0.576. The van der Waals surface area contributed by atoms with Gasteiger partial charge in [-0.25, -0.2) is 0 Å². The molecule has 2 rings (SSSR count). The number of rotatable bonds is 4. The minimum Gasteiger partial charge on any atom is -0.347 e. The fourth-order valence-electron chi connectivity index (χ4n) is 2.42. The van der Waals surface area contributed by atoms with E-state index in [0.29, 0.717) is 0 Å². The zero-order valence-electron chi connectivity index (χ0n) is 12.9. The Bertz CT molecular complexity index is 539. The Kier molecular flexibility index (Phi) is 4.27. The third kappa shape index (κ3) is 3.05. The van der Waals surface area contributed by atoms with Crippen LogP contribution in [0.25, 0.3) is 0 Å². The Morgan fingerprint density at radius 2 is 2.14 bits per heavy atom. The molecule has 1 fully saturated rings. The third-order valence-electron chi connectivity index (χ3n) is 3.82. The highest BCUT2D eigenvalue weighted by molar-refractivity contribution is 6.06. The van der Waals surface area contributed by atoms with Crippen molar-refractivity contribution in [1.29, 1.82) is 0 Å². The summed E-state index contributed by atoms with van der Waals surface area (Å²) in [6.45, 7) is 8.72. The summed E-state index contributed by atoms with van der Waals surface area (Å²) < 4.78 is 0. The summed E-state index contributed by atoms with van der Waals surface area (Å²) in [7, 11) is 0. The van der Waals surface area contributed by atoms with Crippen LogP contribution in [0.2, 0.25) is 0 Å². The monoisotopic (exact) mass is 290 g/mol. The van der Waals surface area contributed by atoms with Crippen molar-refractivity contribution in [1.82, 2.24) is 15.6 Å². The maximum Gasteiger partial charge on any atom is 0.251 e. The van der Waals surface area contributed by atoms with Gasteiger partial charge in [-0.05, 0) is 39.4 Å². The smallest absolute Gasteiger partial charge is 0.251 e. The lowest BCUT2D eigenvalue weighted by atomic mass is 9.98. The van der Waals surface area contributed by atoms with Gasteiger partial charge in [0.05, 0.1) is 24.1 Å².